The quantitative estimate of drug-likeness (QED) is 0.885. The van der Waals surface area contributed by atoms with Crippen LogP contribution in [0.2, 0.25) is 0 Å². The van der Waals surface area contributed by atoms with Crippen molar-refractivity contribution in [1.82, 2.24) is 15.5 Å². The van der Waals surface area contributed by atoms with Crippen molar-refractivity contribution in [1.29, 1.82) is 0 Å². The fourth-order valence-electron chi connectivity index (χ4n) is 2.81. The molecular weight excluding hydrogens is 255 g/mol. The highest BCUT2D eigenvalue weighted by Crippen LogP contribution is 2.34. The maximum atomic E-state index is 12.5. The number of alkyl halides is 3. The first-order valence-corrected chi connectivity index (χ1v) is 6.74. The molecule has 2 N–H and O–H groups in total. The Balaban J connectivity index is 1.90. The number of nitrogens with zero attached hydrogens (tertiary/aromatic N) is 1. The van der Waals surface area contributed by atoms with Gasteiger partial charge in [-0.05, 0) is 25.7 Å². The van der Waals surface area contributed by atoms with E-state index < -0.39 is 12.6 Å². The second-order valence-electron chi connectivity index (χ2n) is 5.37. The molecule has 1 aromatic heterocycles. The van der Waals surface area contributed by atoms with Crippen LogP contribution in [0.3, 0.4) is 0 Å². The van der Waals surface area contributed by atoms with E-state index in [-0.39, 0.29) is 12.0 Å². The van der Waals surface area contributed by atoms with Gasteiger partial charge in [0.1, 0.15) is 0 Å². The summed E-state index contributed by atoms with van der Waals surface area (Å²) in [5.41, 5.74) is 1.99. The van der Waals surface area contributed by atoms with E-state index in [0.717, 1.165) is 30.5 Å². The Morgan fingerprint density at radius 2 is 2.11 bits per heavy atom. The fourth-order valence-corrected chi connectivity index (χ4v) is 2.81. The van der Waals surface area contributed by atoms with Crippen LogP contribution in [0.5, 0.6) is 0 Å². The molecule has 0 spiro atoms. The number of rotatable bonds is 4. The zero-order chi connectivity index (χ0) is 13.9. The summed E-state index contributed by atoms with van der Waals surface area (Å²) in [6, 6.07) is -0.0373. The summed E-state index contributed by atoms with van der Waals surface area (Å²) in [5, 5.41) is 10.0. The monoisotopic (exact) mass is 275 g/mol. The van der Waals surface area contributed by atoms with Gasteiger partial charge in [-0.3, -0.25) is 5.10 Å². The average molecular weight is 275 g/mol. The predicted molar refractivity (Wildman–Crippen MR) is 66.6 cm³/mol. The van der Waals surface area contributed by atoms with Crippen molar-refractivity contribution in [2.45, 2.75) is 57.8 Å². The molecule has 1 fully saturated rings. The third kappa shape index (κ3) is 4.23. The van der Waals surface area contributed by atoms with Gasteiger partial charge in [0.2, 0.25) is 0 Å². The van der Waals surface area contributed by atoms with Crippen LogP contribution >= 0.6 is 0 Å². The molecule has 0 bridgehead atoms. The van der Waals surface area contributed by atoms with E-state index in [2.05, 4.69) is 15.5 Å². The minimum Gasteiger partial charge on any atom is -0.310 e. The van der Waals surface area contributed by atoms with Gasteiger partial charge in [0.05, 0.1) is 6.20 Å². The Kier molecular flexibility index (Phi) is 4.50. The summed E-state index contributed by atoms with van der Waals surface area (Å²) in [6.07, 6.45) is 0.408. The molecule has 3 nitrogen and oxygen atoms in total. The molecule has 2 atom stereocenters. The van der Waals surface area contributed by atoms with Crippen molar-refractivity contribution in [3.05, 3.63) is 17.5 Å². The van der Waals surface area contributed by atoms with Crippen LogP contribution in [0, 0.1) is 12.8 Å². The number of hydrogen-bond acceptors (Lipinski definition) is 2. The first-order chi connectivity index (χ1) is 8.96. The van der Waals surface area contributed by atoms with E-state index in [1.807, 2.05) is 6.92 Å². The Hall–Kier alpha value is -1.04. The van der Waals surface area contributed by atoms with Crippen LogP contribution in [0.25, 0.3) is 0 Å². The molecule has 1 aliphatic rings. The molecule has 0 aliphatic heterocycles. The molecular formula is C13H20F3N3. The zero-order valence-electron chi connectivity index (χ0n) is 11.1. The Morgan fingerprint density at radius 1 is 1.37 bits per heavy atom. The summed E-state index contributed by atoms with van der Waals surface area (Å²) in [4.78, 5) is 0. The molecule has 19 heavy (non-hydrogen) atoms. The Morgan fingerprint density at radius 3 is 2.74 bits per heavy atom. The largest absolute Gasteiger partial charge is 0.389 e. The summed E-state index contributed by atoms with van der Waals surface area (Å²) < 4.78 is 37.6. The van der Waals surface area contributed by atoms with Crippen LogP contribution in [-0.2, 0) is 6.54 Å². The molecule has 0 amide bonds. The van der Waals surface area contributed by atoms with Gasteiger partial charge in [0, 0.05) is 30.3 Å². The lowest BCUT2D eigenvalue weighted by Crippen LogP contribution is -2.40. The highest BCUT2D eigenvalue weighted by Gasteiger charge is 2.36. The first-order valence-electron chi connectivity index (χ1n) is 6.74. The number of nitrogens with one attached hydrogen (secondary N) is 2. The molecule has 0 aromatic carbocycles. The Bertz CT molecular complexity index is 400. The third-order valence-corrected chi connectivity index (χ3v) is 3.89. The number of aromatic amines is 1. The molecule has 0 unspecified atom stereocenters. The number of halogens is 3. The van der Waals surface area contributed by atoms with E-state index >= 15 is 0 Å². The summed E-state index contributed by atoms with van der Waals surface area (Å²) in [6.45, 7) is 2.50. The van der Waals surface area contributed by atoms with Crippen molar-refractivity contribution in [2.24, 2.45) is 5.92 Å². The van der Waals surface area contributed by atoms with Gasteiger partial charge in [-0.2, -0.15) is 18.3 Å². The number of H-pyrrole nitrogens is 1. The zero-order valence-corrected chi connectivity index (χ0v) is 11.1. The maximum Gasteiger partial charge on any atom is 0.389 e. The standard InChI is InChI=1S/C13H20F3N3/c1-9-11(8-18-19-9)7-17-12-5-3-2-4-10(12)6-13(14,15)16/h8,10,12,17H,2-7H2,1H3,(H,18,19)/t10-,12-/m0/s1. The van der Waals surface area contributed by atoms with Gasteiger partial charge in [0.25, 0.3) is 0 Å². The van der Waals surface area contributed by atoms with Crippen LogP contribution in [0.1, 0.15) is 43.4 Å². The fraction of sp³-hybridized carbons (Fsp3) is 0.769. The van der Waals surface area contributed by atoms with E-state index in [4.69, 9.17) is 0 Å². The van der Waals surface area contributed by atoms with Gasteiger partial charge in [-0.15, -0.1) is 0 Å². The topological polar surface area (TPSA) is 40.7 Å². The molecule has 0 radical (unpaired) electrons. The lowest BCUT2D eigenvalue weighted by Gasteiger charge is -2.33. The maximum absolute atomic E-state index is 12.5. The highest BCUT2D eigenvalue weighted by molar-refractivity contribution is 5.14. The van der Waals surface area contributed by atoms with E-state index in [0.29, 0.717) is 13.0 Å². The normalized spacial score (nSPS) is 24.6. The number of hydrogen-bond donors (Lipinski definition) is 2. The van der Waals surface area contributed by atoms with Gasteiger partial charge in [-0.1, -0.05) is 12.8 Å². The van der Waals surface area contributed by atoms with Gasteiger partial charge in [-0.25, -0.2) is 0 Å². The predicted octanol–water partition coefficient (Wildman–Crippen LogP) is 3.32. The Labute approximate surface area is 111 Å². The van der Waals surface area contributed by atoms with Crippen molar-refractivity contribution >= 4 is 0 Å². The molecule has 1 heterocycles. The minimum absolute atomic E-state index is 0.0373. The summed E-state index contributed by atoms with van der Waals surface area (Å²) in [5.74, 6) is -0.291. The number of aryl methyl sites for hydroxylation is 1. The van der Waals surface area contributed by atoms with Gasteiger partial charge >= 0.3 is 6.18 Å². The van der Waals surface area contributed by atoms with Crippen LogP contribution in [0.15, 0.2) is 6.20 Å². The van der Waals surface area contributed by atoms with E-state index in [1.165, 1.54) is 0 Å². The second-order valence-corrected chi connectivity index (χ2v) is 5.37. The van der Waals surface area contributed by atoms with Crippen LogP contribution in [-0.4, -0.2) is 22.4 Å². The molecule has 0 saturated heterocycles. The molecule has 2 rings (SSSR count). The molecule has 108 valence electrons. The van der Waals surface area contributed by atoms with Crippen molar-refractivity contribution < 1.29 is 13.2 Å². The molecule has 1 aliphatic carbocycles. The smallest absolute Gasteiger partial charge is 0.310 e. The summed E-state index contributed by atoms with van der Waals surface area (Å²) >= 11 is 0. The third-order valence-electron chi connectivity index (χ3n) is 3.89. The minimum atomic E-state index is -4.06. The van der Waals surface area contributed by atoms with Crippen LogP contribution in [0.4, 0.5) is 13.2 Å². The van der Waals surface area contributed by atoms with Gasteiger partial charge in [0.15, 0.2) is 0 Å². The number of aromatic nitrogens is 2. The van der Waals surface area contributed by atoms with Crippen LogP contribution < -0.4 is 5.32 Å². The van der Waals surface area contributed by atoms with Crippen molar-refractivity contribution in [3.8, 4) is 0 Å². The molecule has 1 aromatic rings. The highest BCUT2D eigenvalue weighted by atomic mass is 19.4. The van der Waals surface area contributed by atoms with Gasteiger partial charge < -0.3 is 5.32 Å². The average Bonchev–Trinajstić information content (AvgIpc) is 2.72. The molecule has 6 heteroatoms. The van der Waals surface area contributed by atoms with Crippen molar-refractivity contribution in [2.75, 3.05) is 0 Å². The first kappa shape index (κ1) is 14.4. The lowest BCUT2D eigenvalue weighted by molar-refractivity contribution is -0.148. The lowest BCUT2D eigenvalue weighted by atomic mass is 9.82. The second kappa shape index (κ2) is 5.94. The van der Waals surface area contributed by atoms with E-state index in [1.54, 1.807) is 6.20 Å². The SMILES string of the molecule is Cc1[nH]ncc1CN[C@H]1CCCC[C@H]1CC(F)(F)F. The van der Waals surface area contributed by atoms with Crippen molar-refractivity contribution in [3.63, 3.8) is 0 Å². The molecule has 1 saturated carbocycles. The van der Waals surface area contributed by atoms with E-state index in [9.17, 15) is 13.2 Å². The summed E-state index contributed by atoms with van der Waals surface area (Å²) in [7, 11) is 0.